The van der Waals surface area contributed by atoms with Crippen LogP contribution in [0, 0.1) is 0 Å². The number of rotatable bonds is 6. The van der Waals surface area contributed by atoms with E-state index in [0.717, 1.165) is 5.56 Å². The fraction of sp³-hybridized carbons (Fsp3) is 0.273. The van der Waals surface area contributed by atoms with Crippen molar-refractivity contribution in [3.63, 3.8) is 0 Å². The Morgan fingerprint density at radius 1 is 1.19 bits per heavy atom. The van der Waals surface area contributed by atoms with Crippen LogP contribution in [-0.4, -0.2) is 34.7 Å². The van der Waals surface area contributed by atoms with E-state index in [4.69, 9.17) is 10.2 Å². The molecule has 1 aromatic carbocycles. The molecule has 0 radical (unpaired) electrons. The third-order valence-corrected chi connectivity index (χ3v) is 2.08. The minimum absolute atomic E-state index is 0.267. The van der Waals surface area contributed by atoms with Crippen LogP contribution >= 0.6 is 0 Å². The highest BCUT2D eigenvalue weighted by atomic mass is 16.4. The molecule has 1 atom stereocenters. The maximum atomic E-state index is 10.9. The van der Waals surface area contributed by atoms with Gasteiger partial charge in [0, 0.05) is 0 Å². The van der Waals surface area contributed by atoms with Crippen LogP contribution in [0.25, 0.3) is 0 Å². The number of nitrogens with one attached hydrogen (secondary N) is 1. The van der Waals surface area contributed by atoms with Crippen LogP contribution < -0.4 is 5.32 Å². The summed E-state index contributed by atoms with van der Waals surface area (Å²) in [5.41, 5.74) is 0.854. The third kappa shape index (κ3) is 4.10. The molecule has 0 saturated heterocycles. The van der Waals surface area contributed by atoms with Gasteiger partial charge in [0.15, 0.2) is 0 Å². The summed E-state index contributed by atoms with van der Waals surface area (Å²) in [5, 5.41) is 19.8. The van der Waals surface area contributed by atoms with Crippen molar-refractivity contribution in [2.45, 2.75) is 12.5 Å². The van der Waals surface area contributed by atoms with Crippen molar-refractivity contribution >= 4 is 11.9 Å². The third-order valence-electron chi connectivity index (χ3n) is 2.08. The number of hydrogen-bond donors (Lipinski definition) is 3. The predicted octanol–water partition coefficient (Wildman–Crippen LogP) is 0.356. The van der Waals surface area contributed by atoms with Gasteiger partial charge >= 0.3 is 11.9 Å². The molecule has 0 bridgehead atoms. The highest BCUT2D eigenvalue weighted by Gasteiger charge is 2.17. The number of hydrogen-bond acceptors (Lipinski definition) is 3. The molecule has 3 N–H and O–H groups in total. The summed E-state index contributed by atoms with van der Waals surface area (Å²) in [6.07, 6.45) is 0.267. The first kappa shape index (κ1) is 12.2. The van der Waals surface area contributed by atoms with Crippen LogP contribution in [0.5, 0.6) is 0 Å². The quantitative estimate of drug-likeness (QED) is 0.648. The standard InChI is InChI=1S/C11H13NO4/c13-10(14)7-12-9(11(15)16)6-8-4-2-1-3-5-8/h1-5,9,12H,6-7H2,(H,13,14)(H,15,16)/t9-/m1/s1. The zero-order valence-electron chi connectivity index (χ0n) is 8.59. The SMILES string of the molecule is O=C(O)CN[C@H](Cc1ccccc1)C(=O)O. The number of carboxylic acids is 2. The summed E-state index contributed by atoms with van der Waals surface area (Å²) in [7, 11) is 0. The molecule has 0 aliphatic rings. The number of carbonyl (C=O) groups is 2. The zero-order chi connectivity index (χ0) is 12.0. The fourth-order valence-corrected chi connectivity index (χ4v) is 1.31. The van der Waals surface area contributed by atoms with E-state index >= 15 is 0 Å². The minimum atomic E-state index is -1.07. The molecule has 0 saturated carbocycles. The molecule has 0 aliphatic heterocycles. The summed E-state index contributed by atoms with van der Waals surface area (Å²) in [6.45, 7) is -0.357. The van der Waals surface area contributed by atoms with Crippen molar-refractivity contribution in [3.05, 3.63) is 35.9 Å². The maximum absolute atomic E-state index is 10.9. The normalized spacial score (nSPS) is 12.0. The average molecular weight is 223 g/mol. The molecule has 1 aromatic rings. The van der Waals surface area contributed by atoms with E-state index in [1.807, 2.05) is 18.2 Å². The molecular weight excluding hydrogens is 210 g/mol. The van der Waals surface area contributed by atoms with Gasteiger partial charge in [-0.1, -0.05) is 30.3 Å². The average Bonchev–Trinajstić information content (AvgIpc) is 2.25. The Hall–Kier alpha value is -1.88. The van der Waals surface area contributed by atoms with Gasteiger partial charge in [0.05, 0.1) is 6.54 Å². The topological polar surface area (TPSA) is 86.6 Å². The Bertz CT molecular complexity index is 364. The molecule has 0 aliphatic carbocycles. The van der Waals surface area contributed by atoms with Crippen LogP contribution in [0.15, 0.2) is 30.3 Å². The van der Waals surface area contributed by atoms with Gasteiger partial charge in [-0.05, 0) is 12.0 Å². The van der Waals surface area contributed by atoms with Crippen molar-refractivity contribution in [3.8, 4) is 0 Å². The van der Waals surface area contributed by atoms with Crippen molar-refractivity contribution in [2.24, 2.45) is 0 Å². The first-order valence-electron chi connectivity index (χ1n) is 4.81. The van der Waals surface area contributed by atoms with Gasteiger partial charge in [-0.15, -0.1) is 0 Å². The molecule has 0 aromatic heterocycles. The van der Waals surface area contributed by atoms with E-state index in [1.54, 1.807) is 12.1 Å². The second-order valence-electron chi connectivity index (χ2n) is 3.36. The van der Waals surface area contributed by atoms with Crippen LogP contribution in [-0.2, 0) is 16.0 Å². The molecule has 1 rings (SSSR count). The first-order chi connectivity index (χ1) is 7.59. The van der Waals surface area contributed by atoms with Crippen molar-refractivity contribution < 1.29 is 19.8 Å². The Kier molecular flexibility index (Phi) is 4.47. The molecular formula is C11H13NO4. The fourth-order valence-electron chi connectivity index (χ4n) is 1.31. The molecule has 86 valence electrons. The highest BCUT2D eigenvalue weighted by Crippen LogP contribution is 2.03. The second-order valence-corrected chi connectivity index (χ2v) is 3.36. The molecule has 5 nitrogen and oxygen atoms in total. The van der Waals surface area contributed by atoms with Gasteiger partial charge in [0.25, 0.3) is 0 Å². The van der Waals surface area contributed by atoms with Crippen LogP contribution in [0.3, 0.4) is 0 Å². The zero-order valence-corrected chi connectivity index (χ0v) is 8.59. The Morgan fingerprint density at radius 2 is 1.81 bits per heavy atom. The van der Waals surface area contributed by atoms with E-state index in [1.165, 1.54) is 0 Å². The predicted molar refractivity (Wildman–Crippen MR) is 57.2 cm³/mol. The van der Waals surface area contributed by atoms with E-state index < -0.39 is 18.0 Å². The monoisotopic (exact) mass is 223 g/mol. The van der Waals surface area contributed by atoms with Gasteiger partial charge in [-0.2, -0.15) is 0 Å². The lowest BCUT2D eigenvalue weighted by molar-refractivity contribution is -0.140. The van der Waals surface area contributed by atoms with Gasteiger partial charge in [0.1, 0.15) is 6.04 Å². The lowest BCUT2D eigenvalue weighted by atomic mass is 10.1. The van der Waals surface area contributed by atoms with Crippen molar-refractivity contribution in [1.82, 2.24) is 5.32 Å². The molecule has 0 fully saturated rings. The minimum Gasteiger partial charge on any atom is -0.480 e. The number of benzene rings is 1. The van der Waals surface area contributed by atoms with Crippen molar-refractivity contribution in [2.75, 3.05) is 6.54 Å². The Morgan fingerprint density at radius 3 is 2.31 bits per heavy atom. The summed E-state index contributed by atoms with van der Waals surface area (Å²) in [4.78, 5) is 21.2. The van der Waals surface area contributed by atoms with Crippen LogP contribution in [0.4, 0.5) is 0 Å². The number of carboxylic acid groups (broad SMARTS) is 2. The van der Waals surface area contributed by atoms with Crippen LogP contribution in [0.1, 0.15) is 5.56 Å². The Labute approximate surface area is 92.7 Å². The lowest BCUT2D eigenvalue weighted by Gasteiger charge is -2.12. The molecule has 0 heterocycles. The maximum Gasteiger partial charge on any atom is 0.321 e. The lowest BCUT2D eigenvalue weighted by Crippen LogP contribution is -2.41. The smallest absolute Gasteiger partial charge is 0.321 e. The van der Waals surface area contributed by atoms with E-state index in [-0.39, 0.29) is 13.0 Å². The summed E-state index contributed by atoms with van der Waals surface area (Å²) in [6, 6.07) is 8.19. The van der Waals surface area contributed by atoms with E-state index in [2.05, 4.69) is 5.32 Å². The Balaban J connectivity index is 2.58. The summed E-state index contributed by atoms with van der Waals surface area (Å²) in [5.74, 6) is -2.12. The van der Waals surface area contributed by atoms with E-state index in [0.29, 0.717) is 0 Å². The van der Waals surface area contributed by atoms with E-state index in [9.17, 15) is 9.59 Å². The van der Waals surface area contributed by atoms with Crippen LogP contribution in [0.2, 0.25) is 0 Å². The van der Waals surface area contributed by atoms with Gasteiger partial charge in [-0.3, -0.25) is 14.9 Å². The van der Waals surface area contributed by atoms with Gasteiger partial charge < -0.3 is 10.2 Å². The second kappa shape index (κ2) is 5.87. The highest BCUT2D eigenvalue weighted by molar-refractivity contribution is 5.75. The molecule has 5 heteroatoms. The summed E-state index contributed by atoms with van der Waals surface area (Å²) < 4.78 is 0. The molecule has 16 heavy (non-hydrogen) atoms. The largest absolute Gasteiger partial charge is 0.480 e. The first-order valence-corrected chi connectivity index (χ1v) is 4.81. The van der Waals surface area contributed by atoms with Gasteiger partial charge in [0.2, 0.25) is 0 Å². The number of aliphatic carboxylic acids is 2. The summed E-state index contributed by atoms with van der Waals surface area (Å²) >= 11 is 0. The van der Waals surface area contributed by atoms with Crippen molar-refractivity contribution in [1.29, 1.82) is 0 Å². The molecule has 0 spiro atoms. The van der Waals surface area contributed by atoms with Gasteiger partial charge in [-0.25, -0.2) is 0 Å². The molecule has 0 unspecified atom stereocenters. The molecule has 0 amide bonds.